The lowest BCUT2D eigenvalue weighted by Crippen LogP contribution is -2.36. The standard InChI is InChI=1S/C12H18N2O3S/c1-12(2,3)17-11(15)14-6-4-9(8-14)16-10-13-5-7-18-10/h5,7,9H,4,6,8H2,1-3H3/t9-/m0/s1. The summed E-state index contributed by atoms with van der Waals surface area (Å²) in [6.07, 6.45) is 2.27. The predicted octanol–water partition coefficient (Wildman–Crippen LogP) is 2.53. The molecule has 18 heavy (non-hydrogen) atoms. The summed E-state index contributed by atoms with van der Waals surface area (Å²) in [5.74, 6) is 0. The van der Waals surface area contributed by atoms with Crippen molar-refractivity contribution in [2.45, 2.75) is 38.9 Å². The van der Waals surface area contributed by atoms with Crippen LogP contribution in [0.25, 0.3) is 0 Å². The molecule has 2 heterocycles. The van der Waals surface area contributed by atoms with Crippen molar-refractivity contribution in [3.05, 3.63) is 11.6 Å². The van der Waals surface area contributed by atoms with Crippen molar-refractivity contribution in [2.24, 2.45) is 0 Å². The molecule has 100 valence electrons. The summed E-state index contributed by atoms with van der Waals surface area (Å²) in [4.78, 5) is 17.6. The number of amides is 1. The van der Waals surface area contributed by atoms with Crippen molar-refractivity contribution >= 4 is 17.4 Å². The highest BCUT2D eigenvalue weighted by Gasteiger charge is 2.31. The Labute approximate surface area is 111 Å². The molecule has 1 aliphatic heterocycles. The van der Waals surface area contributed by atoms with Gasteiger partial charge in [-0.05, 0) is 20.8 Å². The van der Waals surface area contributed by atoms with E-state index in [9.17, 15) is 4.79 Å². The van der Waals surface area contributed by atoms with Crippen LogP contribution in [0, 0.1) is 0 Å². The van der Waals surface area contributed by atoms with Crippen LogP contribution < -0.4 is 4.74 Å². The van der Waals surface area contributed by atoms with E-state index in [1.165, 1.54) is 11.3 Å². The molecule has 0 saturated carbocycles. The number of hydrogen-bond acceptors (Lipinski definition) is 5. The van der Waals surface area contributed by atoms with Gasteiger partial charge >= 0.3 is 6.09 Å². The van der Waals surface area contributed by atoms with E-state index in [1.807, 2.05) is 26.2 Å². The van der Waals surface area contributed by atoms with Gasteiger partial charge in [0.2, 0.25) is 0 Å². The Morgan fingerprint density at radius 2 is 2.33 bits per heavy atom. The van der Waals surface area contributed by atoms with Gasteiger partial charge in [-0.3, -0.25) is 0 Å². The molecule has 1 aliphatic rings. The lowest BCUT2D eigenvalue weighted by Gasteiger charge is -2.24. The van der Waals surface area contributed by atoms with Crippen LogP contribution >= 0.6 is 11.3 Å². The second-order valence-corrected chi connectivity index (χ2v) is 6.11. The third-order valence-corrected chi connectivity index (χ3v) is 3.13. The molecule has 6 heteroatoms. The van der Waals surface area contributed by atoms with E-state index in [2.05, 4.69) is 4.98 Å². The van der Waals surface area contributed by atoms with Crippen LogP contribution in [0.5, 0.6) is 5.19 Å². The summed E-state index contributed by atoms with van der Waals surface area (Å²) in [6, 6.07) is 0. The van der Waals surface area contributed by atoms with E-state index in [0.29, 0.717) is 18.3 Å². The van der Waals surface area contributed by atoms with Crippen molar-refractivity contribution in [3.63, 3.8) is 0 Å². The first-order chi connectivity index (χ1) is 8.44. The maximum Gasteiger partial charge on any atom is 0.410 e. The summed E-state index contributed by atoms with van der Waals surface area (Å²) in [5.41, 5.74) is -0.453. The zero-order valence-corrected chi connectivity index (χ0v) is 11.7. The number of carbonyl (C=O) groups excluding carboxylic acids is 1. The summed E-state index contributed by atoms with van der Waals surface area (Å²) < 4.78 is 11.0. The van der Waals surface area contributed by atoms with Gasteiger partial charge in [0, 0.05) is 24.5 Å². The normalized spacial score (nSPS) is 19.9. The van der Waals surface area contributed by atoms with Gasteiger partial charge in [0.25, 0.3) is 5.19 Å². The summed E-state index contributed by atoms with van der Waals surface area (Å²) in [6.45, 7) is 6.83. The molecule has 5 nitrogen and oxygen atoms in total. The van der Waals surface area contributed by atoms with Gasteiger partial charge in [-0.1, -0.05) is 11.3 Å². The molecule has 1 atom stereocenters. The topological polar surface area (TPSA) is 51.7 Å². The van der Waals surface area contributed by atoms with Gasteiger partial charge in [0.05, 0.1) is 6.54 Å². The SMILES string of the molecule is CC(C)(C)OC(=O)N1CC[C@H](Oc2nccs2)C1. The molecular weight excluding hydrogens is 252 g/mol. The van der Waals surface area contributed by atoms with Crippen LogP contribution in [-0.2, 0) is 4.74 Å². The van der Waals surface area contributed by atoms with E-state index >= 15 is 0 Å². The minimum absolute atomic E-state index is 0.0173. The summed E-state index contributed by atoms with van der Waals surface area (Å²) in [5, 5.41) is 2.53. The van der Waals surface area contributed by atoms with E-state index in [0.717, 1.165) is 6.42 Å². The van der Waals surface area contributed by atoms with E-state index in [-0.39, 0.29) is 12.2 Å². The van der Waals surface area contributed by atoms with Crippen molar-refractivity contribution < 1.29 is 14.3 Å². The Kier molecular flexibility index (Phi) is 3.75. The highest BCUT2D eigenvalue weighted by atomic mass is 32.1. The predicted molar refractivity (Wildman–Crippen MR) is 69.0 cm³/mol. The van der Waals surface area contributed by atoms with Crippen LogP contribution in [0.3, 0.4) is 0 Å². The zero-order chi connectivity index (χ0) is 13.2. The maximum absolute atomic E-state index is 11.8. The quantitative estimate of drug-likeness (QED) is 0.828. The molecule has 1 amide bonds. The van der Waals surface area contributed by atoms with E-state index in [1.54, 1.807) is 11.1 Å². The number of nitrogens with zero attached hydrogens (tertiary/aromatic N) is 2. The monoisotopic (exact) mass is 270 g/mol. The number of thiazole rings is 1. The molecule has 1 aromatic rings. The van der Waals surface area contributed by atoms with Gasteiger partial charge in [0.15, 0.2) is 0 Å². The Morgan fingerprint density at radius 3 is 2.94 bits per heavy atom. The van der Waals surface area contributed by atoms with Crippen LogP contribution in [0.15, 0.2) is 11.6 Å². The fraction of sp³-hybridized carbons (Fsp3) is 0.667. The zero-order valence-electron chi connectivity index (χ0n) is 10.9. The number of aromatic nitrogens is 1. The molecule has 0 bridgehead atoms. The van der Waals surface area contributed by atoms with Crippen LogP contribution in [0.4, 0.5) is 4.79 Å². The first-order valence-corrected chi connectivity index (χ1v) is 6.86. The fourth-order valence-corrected chi connectivity index (χ4v) is 2.28. The van der Waals surface area contributed by atoms with Gasteiger partial charge in [0.1, 0.15) is 11.7 Å². The number of likely N-dealkylation sites (tertiary alicyclic amines) is 1. The van der Waals surface area contributed by atoms with Crippen molar-refractivity contribution in [3.8, 4) is 5.19 Å². The summed E-state index contributed by atoms with van der Waals surface area (Å²) >= 11 is 1.46. The molecule has 0 aromatic carbocycles. The fourth-order valence-electron chi connectivity index (χ4n) is 1.73. The molecule has 0 aliphatic carbocycles. The lowest BCUT2D eigenvalue weighted by atomic mass is 10.2. The van der Waals surface area contributed by atoms with Crippen LogP contribution in [0.1, 0.15) is 27.2 Å². The average molecular weight is 270 g/mol. The molecule has 2 rings (SSSR count). The van der Waals surface area contributed by atoms with Crippen LogP contribution in [-0.4, -0.2) is 40.8 Å². The van der Waals surface area contributed by atoms with E-state index < -0.39 is 5.60 Å². The average Bonchev–Trinajstić information content (AvgIpc) is 2.86. The third kappa shape index (κ3) is 3.60. The molecule has 1 aromatic heterocycles. The molecule has 0 spiro atoms. The molecule has 1 fully saturated rings. The smallest absolute Gasteiger partial charge is 0.410 e. The molecule has 0 radical (unpaired) electrons. The van der Waals surface area contributed by atoms with Gasteiger partial charge in [-0.15, -0.1) is 0 Å². The Bertz CT molecular complexity index is 400. The first-order valence-electron chi connectivity index (χ1n) is 5.98. The number of hydrogen-bond donors (Lipinski definition) is 0. The molecule has 0 N–H and O–H groups in total. The Balaban J connectivity index is 1.83. The molecule has 1 saturated heterocycles. The van der Waals surface area contributed by atoms with Gasteiger partial charge < -0.3 is 14.4 Å². The largest absolute Gasteiger partial charge is 0.465 e. The Hall–Kier alpha value is -1.30. The number of carbonyl (C=O) groups is 1. The number of ether oxygens (including phenoxy) is 2. The highest BCUT2D eigenvalue weighted by molar-refractivity contribution is 7.11. The Morgan fingerprint density at radius 1 is 1.56 bits per heavy atom. The summed E-state index contributed by atoms with van der Waals surface area (Å²) in [7, 11) is 0. The van der Waals surface area contributed by atoms with Gasteiger partial charge in [-0.2, -0.15) is 0 Å². The minimum Gasteiger partial charge on any atom is -0.465 e. The highest BCUT2D eigenvalue weighted by Crippen LogP contribution is 2.21. The molecule has 0 unspecified atom stereocenters. The van der Waals surface area contributed by atoms with Gasteiger partial charge in [-0.25, -0.2) is 9.78 Å². The second kappa shape index (κ2) is 5.14. The van der Waals surface area contributed by atoms with Crippen molar-refractivity contribution in [2.75, 3.05) is 13.1 Å². The third-order valence-electron chi connectivity index (χ3n) is 2.47. The molecular formula is C12H18N2O3S. The first kappa shape index (κ1) is 13.1. The van der Waals surface area contributed by atoms with E-state index in [4.69, 9.17) is 9.47 Å². The lowest BCUT2D eigenvalue weighted by molar-refractivity contribution is 0.0275. The maximum atomic E-state index is 11.8. The van der Waals surface area contributed by atoms with Crippen molar-refractivity contribution in [1.29, 1.82) is 0 Å². The second-order valence-electron chi connectivity index (χ2n) is 5.25. The minimum atomic E-state index is -0.453. The van der Waals surface area contributed by atoms with Crippen LogP contribution in [0.2, 0.25) is 0 Å². The van der Waals surface area contributed by atoms with Crippen molar-refractivity contribution in [1.82, 2.24) is 9.88 Å². The number of rotatable bonds is 2.